The third-order valence-corrected chi connectivity index (χ3v) is 3.56. The largest absolute Gasteiger partial charge is 0.467 e. The van der Waals surface area contributed by atoms with Gasteiger partial charge in [-0.3, -0.25) is 9.59 Å². The lowest BCUT2D eigenvalue weighted by molar-refractivity contribution is -0.129. The van der Waals surface area contributed by atoms with Crippen molar-refractivity contribution in [2.75, 3.05) is 0 Å². The molecule has 1 aromatic carbocycles. The monoisotopic (exact) mass is 332 g/mol. The molecule has 2 rings (SSSR count). The molecular weight excluding hydrogens is 311 g/mol. The molecule has 2 aromatic rings. The molecule has 0 aliphatic carbocycles. The molecule has 128 valence electrons. The van der Waals surface area contributed by atoms with Crippen molar-refractivity contribution in [2.24, 2.45) is 5.92 Å². The molecule has 1 heterocycles. The Morgan fingerprint density at radius 3 is 2.46 bits per heavy atom. The molecule has 0 spiro atoms. The minimum atomic E-state index is -0.645. The average Bonchev–Trinajstić information content (AvgIpc) is 3.06. The van der Waals surface area contributed by atoms with E-state index < -0.39 is 6.04 Å². The van der Waals surface area contributed by atoms with E-state index in [0.717, 1.165) is 0 Å². The first kappa shape index (κ1) is 17.7. The molecule has 0 unspecified atom stereocenters. The minimum Gasteiger partial charge on any atom is -0.467 e. The first-order valence-electron chi connectivity index (χ1n) is 7.79. The molecule has 0 radical (unpaired) electrons. The number of carbonyl (C=O) groups is 2. The van der Waals surface area contributed by atoms with Gasteiger partial charge in [0.2, 0.25) is 11.8 Å². The molecule has 2 N–H and O–H groups in total. The van der Waals surface area contributed by atoms with Crippen LogP contribution in [0.5, 0.6) is 0 Å². The highest BCUT2D eigenvalue weighted by Crippen LogP contribution is 2.07. The van der Waals surface area contributed by atoms with E-state index in [9.17, 15) is 14.0 Å². The number of benzene rings is 1. The quantitative estimate of drug-likeness (QED) is 0.818. The van der Waals surface area contributed by atoms with Gasteiger partial charge < -0.3 is 15.1 Å². The Kier molecular flexibility index (Phi) is 6.12. The third kappa shape index (κ3) is 5.22. The van der Waals surface area contributed by atoms with Gasteiger partial charge in [0.05, 0.1) is 19.2 Å². The van der Waals surface area contributed by atoms with Crippen LogP contribution in [-0.4, -0.2) is 17.9 Å². The lowest BCUT2D eigenvalue weighted by atomic mass is 10.0. The number of furan rings is 1. The van der Waals surface area contributed by atoms with Crippen molar-refractivity contribution < 1.29 is 18.4 Å². The summed E-state index contributed by atoms with van der Waals surface area (Å²) in [5.74, 6) is -0.332. The van der Waals surface area contributed by atoms with Crippen LogP contribution >= 0.6 is 0 Å². The second-order valence-corrected chi connectivity index (χ2v) is 5.89. The van der Waals surface area contributed by atoms with E-state index in [2.05, 4.69) is 10.6 Å². The van der Waals surface area contributed by atoms with Crippen LogP contribution in [-0.2, 0) is 22.6 Å². The van der Waals surface area contributed by atoms with Gasteiger partial charge in [0.1, 0.15) is 17.6 Å². The molecule has 0 bridgehead atoms. The predicted octanol–water partition coefficient (Wildman–Crippen LogP) is 2.42. The number of rotatable bonds is 7. The summed E-state index contributed by atoms with van der Waals surface area (Å²) in [5.41, 5.74) is 0.687. The number of hydrogen-bond acceptors (Lipinski definition) is 3. The van der Waals surface area contributed by atoms with Crippen molar-refractivity contribution in [1.29, 1.82) is 0 Å². The highest BCUT2D eigenvalue weighted by atomic mass is 19.1. The Balaban J connectivity index is 1.90. The molecular formula is C18H21FN2O3. The number of hydrogen-bond donors (Lipinski definition) is 2. The van der Waals surface area contributed by atoms with E-state index >= 15 is 0 Å². The summed E-state index contributed by atoms with van der Waals surface area (Å²) in [6.07, 6.45) is 1.63. The number of carbonyl (C=O) groups excluding carboxylic acids is 2. The minimum absolute atomic E-state index is 0.0706. The SMILES string of the molecule is CC(C)[C@H](NC(=O)Cc1ccc(F)cc1)C(=O)NCc1ccco1. The predicted molar refractivity (Wildman–Crippen MR) is 87.4 cm³/mol. The van der Waals surface area contributed by atoms with E-state index in [4.69, 9.17) is 4.42 Å². The van der Waals surface area contributed by atoms with Crippen LogP contribution in [0.3, 0.4) is 0 Å². The topological polar surface area (TPSA) is 71.3 Å². The van der Waals surface area contributed by atoms with Crippen LogP contribution in [0.1, 0.15) is 25.2 Å². The molecule has 1 atom stereocenters. The first-order valence-corrected chi connectivity index (χ1v) is 7.79. The Morgan fingerprint density at radius 1 is 1.17 bits per heavy atom. The van der Waals surface area contributed by atoms with E-state index in [1.54, 1.807) is 24.3 Å². The van der Waals surface area contributed by atoms with Gasteiger partial charge in [-0.1, -0.05) is 26.0 Å². The van der Waals surface area contributed by atoms with Gasteiger partial charge in [-0.15, -0.1) is 0 Å². The van der Waals surface area contributed by atoms with Crippen LogP contribution in [0, 0.1) is 11.7 Å². The fraction of sp³-hybridized carbons (Fsp3) is 0.333. The molecule has 0 fully saturated rings. The Hall–Kier alpha value is -2.63. The molecule has 2 amide bonds. The third-order valence-electron chi connectivity index (χ3n) is 3.56. The fourth-order valence-electron chi connectivity index (χ4n) is 2.24. The van der Waals surface area contributed by atoms with Gasteiger partial charge >= 0.3 is 0 Å². The van der Waals surface area contributed by atoms with Crippen LogP contribution < -0.4 is 10.6 Å². The molecule has 6 heteroatoms. The summed E-state index contributed by atoms with van der Waals surface area (Å²) in [5, 5.41) is 5.48. The van der Waals surface area contributed by atoms with Gasteiger partial charge in [0.25, 0.3) is 0 Å². The van der Waals surface area contributed by atoms with E-state index in [0.29, 0.717) is 11.3 Å². The fourth-order valence-corrected chi connectivity index (χ4v) is 2.24. The van der Waals surface area contributed by atoms with Crippen molar-refractivity contribution in [1.82, 2.24) is 10.6 Å². The average molecular weight is 332 g/mol. The van der Waals surface area contributed by atoms with Crippen molar-refractivity contribution in [2.45, 2.75) is 32.9 Å². The van der Waals surface area contributed by atoms with Crippen molar-refractivity contribution in [3.05, 3.63) is 59.8 Å². The van der Waals surface area contributed by atoms with Gasteiger partial charge in [-0.05, 0) is 35.7 Å². The van der Waals surface area contributed by atoms with Crippen LogP contribution in [0.25, 0.3) is 0 Å². The molecule has 0 aliphatic rings. The smallest absolute Gasteiger partial charge is 0.243 e. The van der Waals surface area contributed by atoms with Crippen LogP contribution in [0.15, 0.2) is 47.1 Å². The van der Waals surface area contributed by atoms with E-state index in [1.807, 2.05) is 13.8 Å². The first-order chi connectivity index (χ1) is 11.5. The summed E-state index contributed by atoms with van der Waals surface area (Å²) in [6, 6.07) is 8.57. The normalized spacial score (nSPS) is 12.0. The van der Waals surface area contributed by atoms with Gasteiger partial charge in [-0.25, -0.2) is 4.39 Å². The Labute approximate surface area is 140 Å². The second kappa shape index (κ2) is 8.29. The van der Waals surface area contributed by atoms with Crippen molar-refractivity contribution in [3.63, 3.8) is 0 Å². The van der Waals surface area contributed by atoms with Crippen molar-refractivity contribution >= 4 is 11.8 Å². The number of halogens is 1. The maximum atomic E-state index is 12.9. The highest BCUT2D eigenvalue weighted by molar-refractivity contribution is 5.88. The molecule has 0 aliphatic heterocycles. The van der Waals surface area contributed by atoms with Crippen LogP contribution in [0.2, 0.25) is 0 Å². The van der Waals surface area contributed by atoms with Crippen LogP contribution in [0.4, 0.5) is 4.39 Å². The molecule has 5 nitrogen and oxygen atoms in total. The van der Waals surface area contributed by atoms with E-state index in [1.165, 1.54) is 18.4 Å². The summed E-state index contributed by atoms with van der Waals surface area (Å²) < 4.78 is 18.0. The Morgan fingerprint density at radius 2 is 1.88 bits per heavy atom. The zero-order chi connectivity index (χ0) is 17.5. The maximum absolute atomic E-state index is 12.9. The van der Waals surface area contributed by atoms with E-state index in [-0.39, 0.29) is 36.5 Å². The lowest BCUT2D eigenvalue weighted by Gasteiger charge is -2.21. The number of amides is 2. The van der Waals surface area contributed by atoms with Crippen molar-refractivity contribution in [3.8, 4) is 0 Å². The van der Waals surface area contributed by atoms with Gasteiger partial charge in [-0.2, -0.15) is 0 Å². The number of nitrogens with one attached hydrogen (secondary N) is 2. The zero-order valence-corrected chi connectivity index (χ0v) is 13.7. The Bertz CT molecular complexity index is 666. The van der Waals surface area contributed by atoms with Gasteiger partial charge in [0, 0.05) is 0 Å². The second-order valence-electron chi connectivity index (χ2n) is 5.89. The lowest BCUT2D eigenvalue weighted by Crippen LogP contribution is -2.49. The zero-order valence-electron chi connectivity index (χ0n) is 13.7. The summed E-state index contributed by atoms with van der Waals surface area (Å²) in [6.45, 7) is 3.98. The summed E-state index contributed by atoms with van der Waals surface area (Å²) in [7, 11) is 0. The molecule has 0 saturated carbocycles. The summed E-state index contributed by atoms with van der Waals surface area (Å²) in [4.78, 5) is 24.4. The molecule has 0 saturated heterocycles. The molecule has 24 heavy (non-hydrogen) atoms. The highest BCUT2D eigenvalue weighted by Gasteiger charge is 2.24. The standard InChI is InChI=1S/C18H21FN2O3/c1-12(2)17(18(23)20-11-15-4-3-9-24-15)21-16(22)10-13-5-7-14(19)8-6-13/h3-9,12,17H,10-11H2,1-2H3,(H,20,23)(H,21,22)/t17-/m0/s1. The van der Waals surface area contributed by atoms with Gasteiger partial charge in [0.15, 0.2) is 0 Å². The molecule has 1 aromatic heterocycles. The summed E-state index contributed by atoms with van der Waals surface area (Å²) >= 11 is 0. The maximum Gasteiger partial charge on any atom is 0.243 e.